The molecule has 1 heterocycles. The van der Waals surface area contributed by atoms with Crippen LogP contribution in [0.2, 0.25) is 0 Å². The number of aryl methyl sites for hydroxylation is 2. The number of aliphatic hydroxyl groups excluding tert-OH is 1. The molecule has 0 saturated carbocycles. The van der Waals surface area contributed by atoms with Gasteiger partial charge in [-0.05, 0) is 34.5 Å². The van der Waals surface area contributed by atoms with Gasteiger partial charge in [-0.15, -0.1) is 0 Å². The fourth-order valence-corrected chi connectivity index (χ4v) is 2.40. The maximum absolute atomic E-state index is 13.4. The maximum atomic E-state index is 13.4. The summed E-state index contributed by atoms with van der Waals surface area (Å²) < 4.78 is 15.4. The molecule has 0 aliphatic heterocycles. The second-order valence-electron chi connectivity index (χ2n) is 4.28. The van der Waals surface area contributed by atoms with Crippen molar-refractivity contribution >= 4 is 15.9 Å². The summed E-state index contributed by atoms with van der Waals surface area (Å²) in [4.78, 5) is 0. The smallest absolute Gasteiger partial charge is 0.137 e. The third-order valence-corrected chi connectivity index (χ3v) is 3.74. The van der Waals surface area contributed by atoms with Crippen LogP contribution in [0, 0.1) is 12.7 Å². The van der Waals surface area contributed by atoms with Gasteiger partial charge in [-0.2, -0.15) is 5.10 Å². The maximum Gasteiger partial charge on any atom is 0.137 e. The van der Waals surface area contributed by atoms with Crippen LogP contribution in [0.3, 0.4) is 0 Å². The molecule has 1 unspecified atom stereocenters. The molecule has 96 valence electrons. The Kier molecular flexibility index (Phi) is 3.82. The summed E-state index contributed by atoms with van der Waals surface area (Å²) >= 11 is 3.20. The molecule has 5 heteroatoms. The number of hydrogen-bond donors (Lipinski definition) is 1. The van der Waals surface area contributed by atoms with Crippen LogP contribution in [-0.4, -0.2) is 14.9 Å². The molecule has 0 bridgehead atoms. The van der Waals surface area contributed by atoms with E-state index in [0.29, 0.717) is 10.9 Å². The highest BCUT2D eigenvalue weighted by Crippen LogP contribution is 2.26. The standard InChI is InChI=1S/C13H14BrFN2O/c1-8-10(7-17(2)16-8)12(18)6-9-4-3-5-11(15)13(9)14/h3-5,7,12,18H,6H2,1-2H3. The number of aliphatic hydroxyl groups is 1. The first-order chi connectivity index (χ1) is 8.49. The molecule has 1 atom stereocenters. The van der Waals surface area contributed by atoms with Crippen LogP contribution in [0.25, 0.3) is 0 Å². The van der Waals surface area contributed by atoms with Crippen LogP contribution in [0.15, 0.2) is 28.9 Å². The lowest BCUT2D eigenvalue weighted by atomic mass is 10.0. The van der Waals surface area contributed by atoms with Gasteiger partial charge in [0.05, 0.1) is 16.3 Å². The fraction of sp³-hybridized carbons (Fsp3) is 0.308. The van der Waals surface area contributed by atoms with E-state index < -0.39 is 6.10 Å². The van der Waals surface area contributed by atoms with Crippen molar-refractivity contribution in [3.8, 4) is 0 Å². The van der Waals surface area contributed by atoms with Crippen molar-refractivity contribution in [2.45, 2.75) is 19.4 Å². The summed E-state index contributed by atoms with van der Waals surface area (Å²) in [5.74, 6) is -0.317. The predicted octanol–water partition coefficient (Wildman–Crippen LogP) is 2.91. The normalized spacial score (nSPS) is 12.7. The highest BCUT2D eigenvalue weighted by Gasteiger charge is 2.16. The molecule has 2 rings (SSSR count). The Hall–Kier alpha value is -1.20. The van der Waals surface area contributed by atoms with Gasteiger partial charge in [0, 0.05) is 25.2 Å². The van der Waals surface area contributed by atoms with Gasteiger partial charge in [0.25, 0.3) is 0 Å². The van der Waals surface area contributed by atoms with E-state index in [1.807, 2.05) is 6.92 Å². The van der Waals surface area contributed by atoms with Crippen molar-refractivity contribution in [2.24, 2.45) is 7.05 Å². The molecule has 3 nitrogen and oxygen atoms in total. The molecule has 1 aromatic carbocycles. The van der Waals surface area contributed by atoms with E-state index in [0.717, 1.165) is 16.8 Å². The summed E-state index contributed by atoms with van der Waals surface area (Å²) in [6, 6.07) is 4.82. The van der Waals surface area contributed by atoms with Crippen molar-refractivity contribution in [1.29, 1.82) is 0 Å². The molecule has 0 aliphatic rings. The van der Waals surface area contributed by atoms with E-state index in [2.05, 4.69) is 21.0 Å². The lowest BCUT2D eigenvalue weighted by Gasteiger charge is -2.11. The van der Waals surface area contributed by atoms with Crippen molar-refractivity contribution in [3.05, 3.63) is 51.5 Å². The summed E-state index contributed by atoms with van der Waals surface area (Å²) in [7, 11) is 1.81. The highest BCUT2D eigenvalue weighted by atomic mass is 79.9. The third-order valence-electron chi connectivity index (χ3n) is 2.86. The van der Waals surface area contributed by atoms with Gasteiger partial charge in [-0.1, -0.05) is 12.1 Å². The van der Waals surface area contributed by atoms with Crippen LogP contribution in [-0.2, 0) is 13.5 Å². The van der Waals surface area contributed by atoms with Gasteiger partial charge in [0.1, 0.15) is 5.82 Å². The average molecular weight is 313 g/mol. The lowest BCUT2D eigenvalue weighted by molar-refractivity contribution is 0.177. The molecule has 2 aromatic rings. The molecule has 18 heavy (non-hydrogen) atoms. The molecule has 1 aromatic heterocycles. The molecule has 0 spiro atoms. The van der Waals surface area contributed by atoms with Crippen molar-refractivity contribution < 1.29 is 9.50 Å². The number of benzene rings is 1. The highest BCUT2D eigenvalue weighted by molar-refractivity contribution is 9.10. The van der Waals surface area contributed by atoms with E-state index in [1.54, 1.807) is 30.1 Å². The van der Waals surface area contributed by atoms with E-state index in [1.165, 1.54) is 6.07 Å². The zero-order chi connectivity index (χ0) is 13.3. The second-order valence-corrected chi connectivity index (χ2v) is 5.07. The molecule has 0 aliphatic carbocycles. The Morgan fingerprint density at radius 3 is 2.83 bits per heavy atom. The zero-order valence-corrected chi connectivity index (χ0v) is 11.8. The Labute approximate surface area is 113 Å². The van der Waals surface area contributed by atoms with Crippen LogP contribution in [0.1, 0.15) is 22.9 Å². The number of rotatable bonds is 3. The summed E-state index contributed by atoms with van der Waals surface area (Å²) in [5.41, 5.74) is 2.30. The molecular formula is C13H14BrFN2O. The minimum absolute atomic E-state index is 0.317. The SMILES string of the molecule is Cc1nn(C)cc1C(O)Cc1cccc(F)c1Br. The van der Waals surface area contributed by atoms with Gasteiger partial charge >= 0.3 is 0 Å². The Morgan fingerprint density at radius 2 is 2.22 bits per heavy atom. The zero-order valence-electron chi connectivity index (χ0n) is 10.2. The second kappa shape index (κ2) is 5.20. The van der Waals surface area contributed by atoms with E-state index in [4.69, 9.17) is 0 Å². The quantitative estimate of drug-likeness (QED) is 0.946. The number of aromatic nitrogens is 2. The average Bonchev–Trinajstić information content (AvgIpc) is 2.64. The summed E-state index contributed by atoms with van der Waals surface area (Å²) in [6.07, 6.45) is 1.45. The van der Waals surface area contributed by atoms with Crippen LogP contribution in [0.4, 0.5) is 4.39 Å². The molecule has 0 saturated heterocycles. The lowest BCUT2D eigenvalue weighted by Crippen LogP contribution is -2.03. The Bertz CT molecular complexity index is 568. The topological polar surface area (TPSA) is 38.0 Å². The van der Waals surface area contributed by atoms with Gasteiger partial charge in [-0.3, -0.25) is 4.68 Å². The molecule has 1 N–H and O–H groups in total. The Morgan fingerprint density at radius 1 is 1.50 bits per heavy atom. The van der Waals surface area contributed by atoms with Gasteiger partial charge in [-0.25, -0.2) is 4.39 Å². The first-order valence-electron chi connectivity index (χ1n) is 5.60. The van der Waals surface area contributed by atoms with Crippen molar-refractivity contribution in [1.82, 2.24) is 9.78 Å². The first kappa shape index (κ1) is 13.2. The summed E-state index contributed by atoms with van der Waals surface area (Å²) in [5, 5.41) is 14.4. The number of hydrogen-bond acceptors (Lipinski definition) is 2. The van der Waals surface area contributed by atoms with Crippen LogP contribution >= 0.6 is 15.9 Å². The number of halogens is 2. The van der Waals surface area contributed by atoms with Crippen LogP contribution in [0.5, 0.6) is 0 Å². The van der Waals surface area contributed by atoms with Gasteiger partial charge < -0.3 is 5.11 Å². The first-order valence-corrected chi connectivity index (χ1v) is 6.39. The predicted molar refractivity (Wildman–Crippen MR) is 70.7 cm³/mol. The molecule has 0 radical (unpaired) electrons. The van der Waals surface area contributed by atoms with Gasteiger partial charge in [0.2, 0.25) is 0 Å². The largest absolute Gasteiger partial charge is 0.388 e. The molecule has 0 amide bonds. The molecular weight excluding hydrogens is 299 g/mol. The monoisotopic (exact) mass is 312 g/mol. The van der Waals surface area contributed by atoms with Crippen molar-refractivity contribution in [3.63, 3.8) is 0 Å². The summed E-state index contributed by atoms with van der Waals surface area (Å²) in [6.45, 7) is 1.85. The minimum Gasteiger partial charge on any atom is -0.388 e. The fourth-order valence-electron chi connectivity index (χ4n) is 1.97. The van der Waals surface area contributed by atoms with Crippen molar-refractivity contribution in [2.75, 3.05) is 0 Å². The third kappa shape index (κ3) is 2.62. The van der Waals surface area contributed by atoms with E-state index in [-0.39, 0.29) is 5.82 Å². The van der Waals surface area contributed by atoms with E-state index in [9.17, 15) is 9.50 Å². The molecule has 0 fully saturated rings. The minimum atomic E-state index is -0.684. The number of nitrogens with zero attached hydrogens (tertiary/aromatic N) is 2. The van der Waals surface area contributed by atoms with E-state index >= 15 is 0 Å². The van der Waals surface area contributed by atoms with Crippen LogP contribution < -0.4 is 0 Å². The van der Waals surface area contributed by atoms with Gasteiger partial charge in [0.15, 0.2) is 0 Å². The Balaban J connectivity index is 2.24.